The van der Waals surface area contributed by atoms with Gasteiger partial charge in [-0.05, 0) is 19.1 Å². The maximum atomic E-state index is 11.9. The number of benzene rings is 1. The van der Waals surface area contributed by atoms with E-state index in [1.165, 1.54) is 7.11 Å². The van der Waals surface area contributed by atoms with Gasteiger partial charge in [-0.1, -0.05) is 18.2 Å². The van der Waals surface area contributed by atoms with Crippen LogP contribution in [0.3, 0.4) is 0 Å². The third-order valence-electron chi connectivity index (χ3n) is 2.98. The van der Waals surface area contributed by atoms with Crippen LogP contribution in [0.15, 0.2) is 42.5 Å². The minimum absolute atomic E-state index is 0.0716. The Hall–Kier alpha value is -3.16. The van der Waals surface area contributed by atoms with E-state index in [-0.39, 0.29) is 19.1 Å². The summed E-state index contributed by atoms with van der Waals surface area (Å²) in [4.78, 5) is 45.8. The molecular weight excluding hydrogens is 328 g/mol. The van der Waals surface area contributed by atoms with Gasteiger partial charge in [-0.15, -0.1) is 0 Å². The van der Waals surface area contributed by atoms with Crippen LogP contribution in [-0.2, 0) is 23.9 Å². The highest BCUT2D eigenvalue weighted by Gasteiger charge is 2.16. The number of methoxy groups -OCH3 is 1. The first kappa shape index (κ1) is 19.9. The minimum atomic E-state index is -0.748. The number of nitrogens with one attached hydrogen (secondary N) is 2. The highest BCUT2D eigenvalue weighted by Crippen LogP contribution is 1.98. The molecular formula is C17H20N2O6. The second-order valence-corrected chi connectivity index (χ2v) is 4.88. The van der Waals surface area contributed by atoms with Gasteiger partial charge in [0.05, 0.1) is 13.7 Å². The van der Waals surface area contributed by atoms with Gasteiger partial charge in [-0.25, -0.2) is 9.59 Å². The molecule has 1 rings (SSSR count). The number of esters is 2. The Morgan fingerprint density at radius 1 is 1.08 bits per heavy atom. The topological polar surface area (TPSA) is 111 Å². The molecule has 0 spiro atoms. The first-order valence-electron chi connectivity index (χ1n) is 7.50. The fourth-order valence-electron chi connectivity index (χ4n) is 1.67. The van der Waals surface area contributed by atoms with Gasteiger partial charge in [-0.3, -0.25) is 9.59 Å². The van der Waals surface area contributed by atoms with Crippen LogP contribution in [0.1, 0.15) is 17.3 Å². The highest BCUT2D eigenvalue weighted by molar-refractivity contribution is 5.97. The largest absolute Gasteiger partial charge is 0.466 e. The van der Waals surface area contributed by atoms with Crippen molar-refractivity contribution in [1.29, 1.82) is 0 Å². The van der Waals surface area contributed by atoms with E-state index in [0.29, 0.717) is 5.56 Å². The van der Waals surface area contributed by atoms with E-state index in [1.807, 2.05) is 0 Å². The van der Waals surface area contributed by atoms with Gasteiger partial charge < -0.3 is 20.1 Å². The molecule has 0 saturated heterocycles. The first-order chi connectivity index (χ1) is 11.9. The van der Waals surface area contributed by atoms with Crippen molar-refractivity contribution in [3.63, 3.8) is 0 Å². The average Bonchev–Trinajstić information content (AvgIpc) is 2.63. The first-order valence-corrected chi connectivity index (χ1v) is 7.50. The second kappa shape index (κ2) is 10.6. The Bertz CT molecular complexity index is 642. The van der Waals surface area contributed by atoms with Crippen molar-refractivity contribution < 1.29 is 28.7 Å². The third-order valence-corrected chi connectivity index (χ3v) is 2.98. The van der Waals surface area contributed by atoms with Gasteiger partial charge in [0.2, 0.25) is 5.91 Å². The molecule has 0 aliphatic heterocycles. The van der Waals surface area contributed by atoms with Crippen molar-refractivity contribution in [2.75, 3.05) is 20.3 Å². The Morgan fingerprint density at radius 2 is 1.72 bits per heavy atom. The van der Waals surface area contributed by atoms with Crippen LogP contribution in [0.4, 0.5) is 0 Å². The molecule has 1 atom stereocenters. The van der Waals surface area contributed by atoms with Crippen LogP contribution < -0.4 is 10.6 Å². The van der Waals surface area contributed by atoms with E-state index in [9.17, 15) is 19.2 Å². The van der Waals surface area contributed by atoms with Gasteiger partial charge in [0.1, 0.15) is 12.6 Å². The molecule has 8 nitrogen and oxygen atoms in total. The van der Waals surface area contributed by atoms with Gasteiger partial charge in [0.25, 0.3) is 5.91 Å². The maximum absolute atomic E-state index is 11.9. The Morgan fingerprint density at radius 3 is 2.36 bits per heavy atom. The number of hydrogen-bond donors (Lipinski definition) is 2. The van der Waals surface area contributed by atoms with Gasteiger partial charge >= 0.3 is 11.9 Å². The zero-order chi connectivity index (χ0) is 18.7. The molecule has 0 bridgehead atoms. The summed E-state index contributed by atoms with van der Waals surface area (Å²) in [6.45, 7) is 1.54. The van der Waals surface area contributed by atoms with Crippen molar-refractivity contribution in [3.8, 4) is 0 Å². The summed E-state index contributed by atoms with van der Waals surface area (Å²) in [6.07, 6.45) is 1.86. The highest BCUT2D eigenvalue weighted by atomic mass is 16.5. The van der Waals surface area contributed by atoms with Crippen LogP contribution in [0.5, 0.6) is 0 Å². The lowest BCUT2D eigenvalue weighted by Gasteiger charge is -2.14. The van der Waals surface area contributed by atoms with Crippen molar-refractivity contribution in [3.05, 3.63) is 48.0 Å². The van der Waals surface area contributed by atoms with Crippen molar-refractivity contribution in [2.45, 2.75) is 13.0 Å². The Balaban J connectivity index is 2.27. The molecule has 0 fully saturated rings. The molecule has 8 heteroatoms. The molecule has 0 heterocycles. The third kappa shape index (κ3) is 7.78. The van der Waals surface area contributed by atoms with Crippen molar-refractivity contribution >= 4 is 23.8 Å². The van der Waals surface area contributed by atoms with E-state index >= 15 is 0 Å². The SMILES string of the molecule is COC(=O)/C=C/C(=O)OCCNC(=O)[C@H](C)NC(=O)c1ccccc1. The Kier molecular flexibility index (Phi) is 8.42. The van der Waals surface area contributed by atoms with Gasteiger partial charge in [0, 0.05) is 17.7 Å². The fourth-order valence-corrected chi connectivity index (χ4v) is 1.67. The number of carbonyl (C=O) groups excluding carboxylic acids is 4. The smallest absolute Gasteiger partial charge is 0.331 e. The lowest BCUT2D eigenvalue weighted by Crippen LogP contribution is -2.45. The Labute approximate surface area is 145 Å². The number of amides is 2. The molecule has 1 aromatic carbocycles. The number of carbonyl (C=O) groups is 4. The summed E-state index contributed by atoms with van der Waals surface area (Å²) in [5.41, 5.74) is 0.452. The quantitative estimate of drug-likeness (QED) is 0.394. The van der Waals surface area contributed by atoms with Crippen LogP contribution in [-0.4, -0.2) is 50.1 Å². The number of rotatable bonds is 8. The molecule has 134 valence electrons. The van der Waals surface area contributed by atoms with Crippen molar-refractivity contribution in [2.24, 2.45) is 0 Å². The zero-order valence-corrected chi connectivity index (χ0v) is 14.0. The predicted molar refractivity (Wildman–Crippen MR) is 88.5 cm³/mol. The molecule has 2 N–H and O–H groups in total. The maximum Gasteiger partial charge on any atom is 0.331 e. The molecule has 25 heavy (non-hydrogen) atoms. The molecule has 0 radical (unpaired) electrons. The van der Waals surface area contributed by atoms with Crippen LogP contribution in [0, 0.1) is 0 Å². The van der Waals surface area contributed by atoms with E-state index in [2.05, 4.69) is 15.4 Å². The van der Waals surface area contributed by atoms with E-state index in [1.54, 1.807) is 37.3 Å². The monoisotopic (exact) mass is 348 g/mol. The standard InChI is InChI=1S/C17H20N2O6/c1-12(19-17(23)13-6-4-3-5-7-13)16(22)18-10-11-25-15(21)9-8-14(20)24-2/h3-9,12H,10-11H2,1-2H3,(H,18,22)(H,19,23)/b9-8+/t12-/m0/s1. The van der Waals surface area contributed by atoms with E-state index in [0.717, 1.165) is 12.2 Å². The zero-order valence-electron chi connectivity index (χ0n) is 14.0. The summed E-state index contributed by atoms with van der Waals surface area (Å²) < 4.78 is 9.10. The predicted octanol–water partition coefficient (Wildman–Crippen LogP) is 0.194. The van der Waals surface area contributed by atoms with Crippen LogP contribution in [0.2, 0.25) is 0 Å². The molecule has 0 aliphatic carbocycles. The number of hydrogen-bond acceptors (Lipinski definition) is 6. The van der Waals surface area contributed by atoms with Crippen LogP contribution >= 0.6 is 0 Å². The molecule has 0 saturated carbocycles. The minimum Gasteiger partial charge on any atom is -0.466 e. The normalized spacial score (nSPS) is 11.4. The number of ether oxygens (including phenoxy) is 2. The molecule has 2 amide bonds. The summed E-state index contributed by atoms with van der Waals surface area (Å²) >= 11 is 0. The molecule has 0 aliphatic rings. The van der Waals surface area contributed by atoms with E-state index in [4.69, 9.17) is 4.74 Å². The van der Waals surface area contributed by atoms with Gasteiger partial charge in [0.15, 0.2) is 0 Å². The summed E-state index contributed by atoms with van der Waals surface area (Å²) in [5.74, 6) is -2.17. The van der Waals surface area contributed by atoms with Crippen LogP contribution in [0.25, 0.3) is 0 Å². The molecule has 0 unspecified atom stereocenters. The molecule has 1 aromatic rings. The van der Waals surface area contributed by atoms with Crippen molar-refractivity contribution in [1.82, 2.24) is 10.6 Å². The molecule has 0 aromatic heterocycles. The second-order valence-electron chi connectivity index (χ2n) is 4.88. The lowest BCUT2D eigenvalue weighted by molar-refractivity contribution is -0.139. The van der Waals surface area contributed by atoms with E-state index < -0.39 is 23.9 Å². The fraction of sp³-hybridized carbons (Fsp3) is 0.294. The van der Waals surface area contributed by atoms with Gasteiger partial charge in [-0.2, -0.15) is 0 Å². The summed E-state index contributed by atoms with van der Waals surface area (Å²) in [5, 5.41) is 5.09. The summed E-state index contributed by atoms with van der Waals surface area (Å²) in [6, 6.07) is 7.77. The average molecular weight is 348 g/mol. The lowest BCUT2D eigenvalue weighted by atomic mass is 10.2. The summed E-state index contributed by atoms with van der Waals surface area (Å²) in [7, 11) is 1.19.